The fourth-order valence-corrected chi connectivity index (χ4v) is 5.17. The number of likely N-dealkylation sites (tertiary alicyclic amines) is 1. The van der Waals surface area contributed by atoms with E-state index in [0.717, 1.165) is 54.2 Å². The first-order chi connectivity index (χ1) is 18.3. The molecule has 4 rings (SSSR count). The summed E-state index contributed by atoms with van der Waals surface area (Å²) in [5.41, 5.74) is 3.47. The van der Waals surface area contributed by atoms with Crippen LogP contribution in [0.15, 0.2) is 46.1 Å². The van der Waals surface area contributed by atoms with Crippen LogP contribution in [-0.2, 0) is 27.9 Å². The van der Waals surface area contributed by atoms with Crippen LogP contribution in [0.4, 0.5) is 33.5 Å². The predicted molar refractivity (Wildman–Crippen MR) is 133 cm³/mol. The van der Waals surface area contributed by atoms with Crippen molar-refractivity contribution in [3.63, 3.8) is 0 Å². The van der Waals surface area contributed by atoms with Gasteiger partial charge in [0.15, 0.2) is 10.7 Å². The second-order valence-electron chi connectivity index (χ2n) is 8.13. The van der Waals surface area contributed by atoms with E-state index in [1.807, 2.05) is 18.2 Å². The van der Waals surface area contributed by atoms with Crippen LogP contribution in [0.2, 0.25) is 0 Å². The van der Waals surface area contributed by atoms with Gasteiger partial charge in [0.2, 0.25) is 0 Å². The monoisotopic (exact) mass is 594 g/mol. The number of carbonyl (C=O) groups is 1. The molecule has 1 aliphatic heterocycles. The van der Waals surface area contributed by atoms with E-state index in [1.54, 1.807) is 7.11 Å². The van der Waals surface area contributed by atoms with Crippen molar-refractivity contribution in [1.82, 2.24) is 9.88 Å². The van der Waals surface area contributed by atoms with Gasteiger partial charge >= 0.3 is 12.1 Å². The molecular weight excluding hydrogens is 571 g/mol. The number of aromatic nitrogens is 1. The zero-order valence-electron chi connectivity index (χ0n) is 20.3. The number of sulfonamides is 1. The minimum absolute atomic E-state index is 0.00176. The van der Waals surface area contributed by atoms with E-state index in [9.17, 15) is 30.4 Å². The maximum Gasteiger partial charge on any atom is 0.490 e. The molecule has 0 saturated carbocycles. The van der Waals surface area contributed by atoms with Gasteiger partial charge in [-0.15, -0.1) is 11.3 Å². The minimum atomic E-state index is -5.08. The Bertz CT molecular complexity index is 1380. The molecule has 0 unspecified atom stereocenters. The van der Waals surface area contributed by atoms with Gasteiger partial charge in [-0.05, 0) is 43.3 Å². The van der Waals surface area contributed by atoms with Crippen LogP contribution in [0.25, 0.3) is 0 Å². The van der Waals surface area contributed by atoms with Gasteiger partial charge in [-0.3, -0.25) is 9.62 Å². The van der Waals surface area contributed by atoms with Crippen molar-refractivity contribution in [2.24, 2.45) is 0 Å². The second-order valence-corrected chi connectivity index (χ2v) is 10.5. The van der Waals surface area contributed by atoms with E-state index < -0.39 is 38.7 Å². The van der Waals surface area contributed by atoms with E-state index in [1.165, 1.54) is 17.3 Å². The zero-order chi connectivity index (χ0) is 28.8. The standard InChI is InChI=1S/C21H22F2N4O3S2.C2HF3O2/c1-30-19-5-2-4-14(11-27-6-3-7-27)16(19)10-24-15-8-17(22)21(18(23)9-15)32(28,29)26-20-12-31-13-25-20;3-2(4,5)1(6)7/h2,4-5,8-9,12-13,24,26H,3,6-7,10-11H2,1H3;(H,6,7). The molecule has 0 bridgehead atoms. The van der Waals surface area contributed by atoms with Gasteiger partial charge in [0.1, 0.15) is 17.4 Å². The third-order valence-corrected chi connectivity index (χ3v) is 7.43. The number of anilines is 2. The normalized spacial score (nSPS) is 13.6. The number of carboxylic acids is 1. The van der Waals surface area contributed by atoms with Crippen LogP contribution in [0, 0.1) is 11.6 Å². The minimum Gasteiger partial charge on any atom is -0.496 e. The molecule has 1 aliphatic rings. The van der Waals surface area contributed by atoms with Gasteiger partial charge in [-0.2, -0.15) is 13.2 Å². The summed E-state index contributed by atoms with van der Waals surface area (Å²) in [6.07, 6.45) is -3.91. The Kier molecular flexibility index (Phi) is 9.68. The molecule has 1 saturated heterocycles. The Hall–Kier alpha value is -3.50. The topological polar surface area (TPSA) is 121 Å². The first-order valence-corrected chi connectivity index (χ1v) is 13.6. The Balaban J connectivity index is 0.000000532. The molecule has 1 aromatic heterocycles. The molecule has 0 spiro atoms. The molecule has 0 atom stereocenters. The lowest BCUT2D eigenvalue weighted by molar-refractivity contribution is -0.192. The number of ether oxygens (including phenoxy) is 1. The Labute approximate surface area is 224 Å². The third-order valence-electron chi connectivity index (χ3n) is 5.44. The molecule has 0 radical (unpaired) electrons. The molecule has 0 amide bonds. The van der Waals surface area contributed by atoms with Crippen LogP contribution in [0.5, 0.6) is 5.75 Å². The predicted octanol–water partition coefficient (Wildman–Crippen LogP) is 4.68. The van der Waals surface area contributed by atoms with Gasteiger partial charge in [0, 0.05) is 29.7 Å². The molecule has 3 aromatic rings. The van der Waals surface area contributed by atoms with Crippen molar-refractivity contribution in [3.05, 3.63) is 64.0 Å². The van der Waals surface area contributed by atoms with Gasteiger partial charge in [0.25, 0.3) is 10.0 Å². The van der Waals surface area contributed by atoms with Crippen molar-refractivity contribution < 1.29 is 45.0 Å². The van der Waals surface area contributed by atoms with Gasteiger partial charge < -0.3 is 15.2 Å². The smallest absolute Gasteiger partial charge is 0.490 e. The summed E-state index contributed by atoms with van der Waals surface area (Å²) < 4.78 is 93.5. The SMILES string of the molecule is COc1cccc(CN2CCC2)c1CNc1cc(F)c(S(=O)(=O)Nc2cscn2)c(F)c1.O=C(O)C(F)(F)F. The summed E-state index contributed by atoms with van der Waals surface area (Å²) in [5, 5.41) is 11.5. The zero-order valence-corrected chi connectivity index (χ0v) is 21.9. The number of nitrogens with one attached hydrogen (secondary N) is 2. The first kappa shape index (κ1) is 30.0. The lowest BCUT2D eigenvalue weighted by atomic mass is 10.0. The average Bonchev–Trinajstić information content (AvgIpc) is 3.31. The maximum atomic E-state index is 14.7. The highest BCUT2D eigenvalue weighted by molar-refractivity contribution is 7.92. The van der Waals surface area contributed by atoms with E-state index in [-0.39, 0.29) is 18.1 Å². The lowest BCUT2D eigenvalue weighted by Gasteiger charge is -2.31. The fourth-order valence-electron chi connectivity index (χ4n) is 3.49. The van der Waals surface area contributed by atoms with Crippen molar-refractivity contribution in [2.75, 3.05) is 30.2 Å². The van der Waals surface area contributed by atoms with E-state index >= 15 is 0 Å². The molecule has 0 aliphatic carbocycles. The van der Waals surface area contributed by atoms with Crippen LogP contribution in [-0.4, -0.2) is 55.8 Å². The van der Waals surface area contributed by atoms with Gasteiger partial charge in [-0.25, -0.2) is 27.0 Å². The molecule has 1 fully saturated rings. The van der Waals surface area contributed by atoms with Gasteiger partial charge in [-0.1, -0.05) is 12.1 Å². The first-order valence-electron chi connectivity index (χ1n) is 11.1. The number of benzene rings is 2. The number of hydrogen-bond donors (Lipinski definition) is 3. The number of methoxy groups -OCH3 is 1. The summed E-state index contributed by atoms with van der Waals surface area (Å²) >= 11 is 1.15. The molecule has 39 heavy (non-hydrogen) atoms. The summed E-state index contributed by atoms with van der Waals surface area (Å²) in [6.45, 7) is 3.09. The van der Waals surface area contributed by atoms with Crippen LogP contribution in [0.1, 0.15) is 17.5 Å². The Morgan fingerprint density at radius 2 is 1.85 bits per heavy atom. The average molecular weight is 595 g/mol. The Morgan fingerprint density at radius 3 is 2.33 bits per heavy atom. The summed E-state index contributed by atoms with van der Waals surface area (Å²) in [5.74, 6) is -4.48. The maximum absolute atomic E-state index is 14.7. The molecule has 3 N–H and O–H groups in total. The quantitative estimate of drug-likeness (QED) is 0.306. The number of halogens is 5. The summed E-state index contributed by atoms with van der Waals surface area (Å²) in [4.78, 5) is 13.9. The Morgan fingerprint density at radius 1 is 1.21 bits per heavy atom. The fraction of sp³-hybridized carbons (Fsp3) is 0.304. The number of thiazole rings is 1. The molecular formula is C23H23F5N4O5S2. The van der Waals surface area contributed by atoms with Crippen LogP contribution < -0.4 is 14.8 Å². The van der Waals surface area contributed by atoms with E-state index in [0.29, 0.717) is 5.75 Å². The highest BCUT2D eigenvalue weighted by Crippen LogP contribution is 2.29. The van der Waals surface area contributed by atoms with Gasteiger partial charge in [0.05, 0.1) is 12.6 Å². The highest BCUT2D eigenvalue weighted by atomic mass is 32.2. The number of rotatable bonds is 9. The van der Waals surface area contributed by atoms with Crippen LogP contribution in [0.3, 0.4) is 0 Å². The molecule has 16 heteroatoms. The van der Waals surface area contributed by atoms with E-state index in [4.69, 9.17) is 14.6 Å². The van der Waals surface area contributed by atoms with Crippen molar-refractivity contribution >= 4 is 38.8 Å². The highest BCUT2D eigenvalue weighted by Gasteiger charge is 2.38. The molecule has 2 heterocycles. The number of nitrogens with zero attached hydrogens (tertiary/aromatic N) is 2. The third kappa shape index (κ3) is 8.00. The molecule has 9 nitrogen and oxygen atoms in total. The summed E-state index contributed by atoms with van der Waals surface area (Å²) in [6, 6.07) is 7.66. The molecule has 2 aromatic carbocycles. The van der Waals surface area contributed by atoms with Crippen molar-refractivity contribution in [1.29, 1.82) is 0 Å². The largest absolute Gasteiger partial charge is 0.496 e. The number of aliphatic carboxylic acids is 1. The van der Waals surface area contributed by atoms with Crippen molar-refractivity contribution in [3.8, 4) is 5.75 Å². The summed E-state index contributed by atoms with van der Waals surface area (Å²) in [7, 11) is -2.89. The second kappa shape index (κ2) is 12.6. The van der Waals surface area contributed by atoms with Crippen molar-refractivity contribution in [2.45, 2.75) is 30.6 Å². The van der Waals surface area contributed by atoms with Crippen LogP contribution >= 0.6 is 11.3 Å². The lowest BCUT2D eigenvalue weighted by Crippen LogP contribution is -2.36. The number of alkyl halides is 3. The number of hydrogen-bond acceptors (Lipinski definition) is 8. The molecule has 212 valence electrons. The number of carboxylic acid groups (broad SMARTS) is 1. The van der Waals surface area contributed by atoms with E-state index in [2.05, 4.69) is 19.9 Å².